The summed E-state index contributed by atoms with van der Waals surface area (Å²) in [6.07, 6.45) is 0. The van der Waals surface area contributed by atoms with Crippen LogP contribution in [0.1, 0.15) is 31.8 Å². The normalized spacial score (nSPS) is 10.2. The lowest BCUT2D eigenvalue weighted by molar-refractivity contribution is 0.102. The molecule has 3 aromatic rings. The molecule has 0 unspecified atom stereocenters. The van der Waals surface area contributed by atoms with E-state index in [4.69, 9.17) is 0 Å². The van der Waals surface area contributed by atoms with Gasteiger partial charge in [-0.3, -0.25) is 9.59 Å². The minimum Gasteiger partial charge on any atom is -0.321 e. The third-order valence-corrected chi connectivity index (χ3v) is 3.85. The number of carbonyl (C=O) groups is 2. The van der Waals surface area contributed by atoms with Crippen LogP contribution in [-0.2, 0) is 0 Å². The van der Waals surface area contributed by atoms with E-state index < -0.39 is 0 Å². The number of rotatable bonds is 4. The van der Waals surface area contributed by atoms with Crippen LogP contribution < -0.4 is 5.32 Å². The minimum absolute atomic E-state index is 0.115. The second-order valence-electron chi connectivity index (χ2n) is 5.51. The predicted octanol–water partition coefficient (Wildman–Crippen LogP) is 4.48. The summed E-state index contributed by atoms with van der Waals surface area (Å²) in [7, 11) is 0. The molecule has 0 bridgehead atoms. The standard InChI is InChI=1S/C21H17NO2/c1-15-9-5-6-12-17(15)21(24)22-19-14-8-7-13-18(19)20(23)16-10-3-2-4-11-16/h2-14H,1H3,(H,22,24). The highest BCUT2D eigenvalue weighted by Gasteiger charge is 2.16. The predicted molar refractivity (Wildman–Crippen MR) is 95.4 cm³/mol. The van der Waals surface area contributed by atoms with Gasteiger partial charge in [-0.25, -0.2) is 0 Å². The quantitative estimate of drug-likeness (QED) is 0.722. The molecule has 1 amide bonds. The molecule has 3 aromatic carbocycles. The van der Waals surface area contributed by atoms with E-state index in [9.17, 15) is 9.59 Å². The minimum atomic E-state index is -0.221. The van der Waals surface area contributed by atoms with Crippen LogP contribution in [0.5, 0.6) is 0 Å². The molecule has 0 atom stereocenters. The van der Waals surface area contributed by atoms with Gasteiger partial charge in [0.2, 0.25) is 0 Å². The van der Waals surface area contributed by atoms with Gasteiger partial charge in [-0.2, -0.15) is 0 Å². The topological polar surface area (TPSA) is 46.2 Å². The second kappa shape index (κ2) is 6.92. The number of carbonyl (C=O) groups excluding carboxylic acids is 2. The third-order valence-electron chi connectivity index (χ3n) is 3.85. The number of amides is 1. The van der Waals surface area contributed by atoms with Crippen LogP contribution in [0.2, 0.25) is 0 Å². The van der Waals surface area contributed by atoms with Crippen molar-refractivity contribution in [1.29, 1.82) is 0 Å². The van der Waals surface area contributed by atoms with Crippen molar-refractivity contribution in [2.24, 2.45) is 0 Å². The number of nitrogens with one attached hydrogen (secondary N) is 1. The number of ketones is 1. The first-order valence-corrected chi connectivity index (χ1v) is 7.72. The summed E-state index contributed by atoms with van der Waals surface area (Å²) >= 11 is 0. The Labute approximate surface area is 141 Å². The van der Waals surface area contributed by atoms with Gasteiger partial charge in [-0.05, 0) is 30.7 Å². The molecule has 0 radical (unpaired) electrons. The molecule has 0 aliphatic carbocycles. The fraction of sp³-hybridized carbons (Fsp3) is 0.0476. The molecule has 0 saturated heterocycles. The summed E-state index contributed by atoms with van der Waals surface area (Å²) in [5, 5.41) is 2.86. The molecule has 118 valence electrons. The van der Waals surface area contributed by atoms with Crippen LogP contribution in [0.3, 0.4) is 0 Å². The number of para-hydroxylation sites is 1. The van der Waals surface area contributed by atoms with E-state index >= 15 is 0 Å². The van der Waals surface area contributed by atoms with E-state index in [1.165, 1.54) is 0 Å². The fourth-order valence-electron chi connectivity index (χ4n) is 2.55. The molecular weight excluding hydrogens is 298 g/mol. The Morgan fingerprint density at radius 3 is 2.00 bits per heavy atom. The molecule has 0 spiro atoms. The van der Waals surface area contributed by atoms with Crippen molar-refractivity contribution in [2.75, 3.05) is 5.32 Å². The molecule has 0 aliphatic rings. The van der Waals surface area contributed by atoms with Crippen LogP contribution in [0.15, 0.2) is 78.9 Å². The first-order valence-electron chi connectivity index (χ1n) is 7.72. The van der Waals surface area contributed by atoms with Crippen LogP contribution >= 0.6 is 0 Å². The van der Waals surface area contributed by atoms with Crippen LogP contribution in [0.4, 0.5) is 5.69 Å². The number of aryl methyl sites for hydroxylation is 1. The monoisotopic (exact) mass is 315 g/mol. The fourth-order valence-corrected chi connectivity index (χ4v) is 2.55. The molecule has 1 N–H and O–H groups in total. The summed E-state index contributed by atoms with van der Waals surface area (Å²) < 4.78 is 0. The van der Waals surface area contributed by atoms with Crippen molar-refractivity contribution >= 4 is 17.4 Å². The van der Waals surface area contributed by atoms with Gasteiger partial charge in [0, 0.05) is 16.7 Å². The van der Waals surface area contributed by atoms with Crippen molar-refractivity contribution in [1.82, 2.24) is 0 Å². The average Bonchev–Trinajstić information content (AvgIpc) is 2.62. The summed E-state index contributed by atoms with van der Waals surface area (Å²) in [5.41, 5.74) is 3.07. The van der Waals surface area contributed by atoms with Gasteiger partial charge in [0.1, 0.15) is 0 Å². The average molecular weight is 315 g/mol. The van der Waals surface area contributed by atoms with Gasteiger partial charge < -0.3 is 5.32 Å². The second-order valence-corrected chi connectivity index (χ2v) is 5.51. The highest BCUT2D eigenvalue weighted by Crippen LogP contribution is 2.20. The lowest BCUT2D eigenvalue weighted by atomic mass is 10.0. The first-order chi connectivity index (χ1) is 11.7. The Kier molecular flexibility index (Phi) is 4.52. The maximum absolute atomic E-state index is 12.7. The van der Waals surface area contributed by atoms with Crippen molar-refractivity contribution in [3.8, 4) is 0 Å². The number of hydrogen-bond donors (Lipinski definition) is 1. The molecule has 0 fully saturated rings. The number of benzene rings is 3. The smallest absolute Gasteiger partial charge is 0.255 e. The Bertz CT molecular complexity index is 885. The summed E-state index contributed by atoms with van der Waals surface area (Å²) in [6.45, 7) is 1.88. The lowest BCUT2D eigenvalue weighted by Crippen LogP contribution is -2.16. The van der Waals surface area contributed by atoms with E-state index in [1.54, 1.807) is 42.5 Å². The van der Waals surface area contributed by atoms with Crippen molar-refractivity contribution < 1.29 is 9.59 Å². The van der Waals surface area contributed by atoms with Crippen LogP contribution in [0, 0.1) is 6.92 Å². The maximum atomic E-state index is 12.7. The van der Waals surface area contributed by atoms with Crippen molar-refractivity contribution in [3.63, 3.8) is 0 Å². The Morgan fingerprint density at radius 2 is 1.29 bits per heavy atom. The van der Waals surface area contributed by atoms with Gasteiger partial charge >= 0.3 is 0 Å². The van der Waals surface area contributed by atoms with E-state index in [2.05, 4.69) is 5.32 Å². The number of hydrogen-bond acceptors (Lipinski definition) is 2. The van der Waals surface area contributed by atoms with Crippen LogP contribution in [-0.4, -0.2) is 11.7 Å². The maximum Gasteiger partial charge on any atom is 0.255 e. The van der Waals surface area contributed by atoms with Crippen molar-refractivity contribution in [2.45, 2.75) is 6.92 Å². The molecule has 3 nitrogen and oxygen atoms in total. The third kappa shape index (κ3) is 3.25. The Balaban J connectivity index is 1.92. The molecule has 0 heterocycles. The van der Waals surface area contributed by atoms with E-state index in [-0.39, 0.29) is 11.7 Å². The van der Waals surface area contributed by atoms with Crippen molar-refractivity contribution in [3.05, 3.63) is 101 Å². The van der Waals surface area contributed by atoms with Gasteiger partial charge in [-0.15, -0.1) is 0 Å². The molecule has 0 saturated carbocycles. The van der Waals surface area contributed by atoms with Crippen LogP contribution in [0.25, 0.3) is 0 Å². The summed E-state index contributed by atoms with van der Waals surface area (Å²) in [5.74, 6) is -0.335. The summed E-state index contributed by atoms with van der Waals surface area (Å²) in [4.78, 5) is 25.2. The van der Waals surface area contributed by atoms with Gasteiger partial charge in [0.25, 0.3) is 5.91 Å². The van der Waals surface area contributed by atoms with E-state index in [0.29, 0.717) is 22.4 Å². The number of anilines is 1. The Hall–Kier alpha value is -3.20. The molecule has 24 heavy (non-hydrogen) atoms. The molecule has 0 aromatic heterocycles. The molecule has 3 heteroatoms. The summed E-state index contributed by atoms with van der Waals surface area (Å²) in [6, 6.07) is 23.5. The zero-order valence-corrected chi connectivity index (χ0v) is 13.3. The Morgan fingerprint density at radius 1 is 0.708 bits per heavy atom. The van der Waals surface area contributed by atoms with Gasteiger partial charge in [-0.1, -0.05) is 60.7 Å². The zero-order valence-electron chi connectivity index (χ0n) is 13.3. The zero-order chi connectivity index (χ0) is 16.9. The molecule has 0 aliphatic heterocycles. The SMILES string of the molecule is Cc1ccccc1C(=O)Nc1ccccc1C(=O)c1ccccc1. The molecule has 3 rings (SSSR count). The van der Waals surface area contributed by atoms with E-state index in [1.807, 2.05) is 43.3 Å². The van der Waals surface area contributed by atoms with E-state index in [0.717, 1.165) is 5.56 Å². The molecular formula is C21H17NO2. The first kappa shape index (κ1) is 15.7. The van der Waals surface area contributed by atoms with Gasteiger partial charge in [0.15, 0.2) is 5.78 Å². The lowest BCUT2D eigenvalue weighted by Gasteiger charge is -2.11. The largest absolute Gasteiger partial charge is 0.321 e. The van der Waals surface area contributed by atoms with Gasteiger partial charge in [0.05, 0.1) is 5.69 Å². The highest BCUT2D eigenvalue weighted by molar-refractivity contribution is 6.15. The highest BCUT2D eigenvalue weighted by atomic mass is 16.1.